The largest absolute Gasteiger partial charge is 0.439 e. The van der Waals surface area contributed by atoms with E-state index in [0.29, 0.717) is 10.8 Å². The van der Waals surface area contributed by atoms with Gasteiger partial charge >= 0.3 is 0 Å². The molecule has 0 radical (unpaired) electrons. The summed E-state index contributed by atoms with van der Waals surface area (Å²) in [5, 5.41) is 10.1. The predicted octanol–water partition coefficient (Wildman–Crippen LogP) is 3.33. The molecule has 0 saturated heterocycles. The van der Waals surface area contributed by atoms with Gasteiger partial charge in [0.15, 0.2) is 0 Å². The Morgan fingerprint density at radius 1 is 1.47 bits per heavy atom. The Balaban J connectivity index is 2.32. The summed E-state index contributed by atoms with van der Waals surface area (Å²) in [5.74, 6) is -0.367. The lowest BCUT2D eigenvalue weighted by atomic mass is 10.1. The van der Waals surface area contributed by atoms with Crippen LogP contribution in [0, 0.1) is 12.7 Å². The van der Waals surface area contributed by atoms with Crippen LogP contribution in [0.25, 0.3) is 0 Å². The Morgan fingerprint density at radius 2 is 2.24 bits per heavy atom. The second kappa shape index (κ2) is 4.89. The zero-order valence-corrected chi connectivity index (χ0v) is 10.3. The van der Waals surface area contributed by atoms with Gasteiger partial charge in [-0.1, -0.05) is 0 Å². The van der Waals surface area contributed by atoms with Gasteiger partial charge < -0.3 is 9.52 Å². The Morgan fingerprint density at radius 3 is 2.82 bits per heavy atom. The van der Waals surface area contributed by atoms with Crippen molar-refractivity contribution >= 4 is 11.8 Å². The number of aryl methyl sites for hydroxylation is 1. The minimum Gasteiger partial charge on any atom is -0.439 e. The van der Waals surface area contributed by atoms with Crippen LogP contribution in [-0.4, -0.2) is 10.1 Å². The average molecular weight is 253 g/mol. The molecule has 0 aliphatic rings. The van der Waals surface area contributed by atoms with E-state index in [0.717, 1.165) is 10.6 Å². The third-order valence-electron chi connectivity index (χ3n) is 2.22. The molecular formula is C12H12FNO2S. The monoisotopic (exact) mass is 253 g/mol. The van der Waals surface area contributed by atoms with Crippen LogP contribution >= 0.6 is 11.8 Å². The molecule has 0 saturated carbocycles. The first-order valence-electron chi connectivity index (χ1n) is 5.14. The second-order valence-electron chi connectivity index (χ2n) is 3.71. The fourth-order valence-electron chi connectivity index (χ4n) is 1.41. The SMILES string of the molecule is Cc1coc(Sc2ccc(F)cc2[C@H](C)O)n1. The van der Waals surface area contributed by atoms with Crippen molar-refractivity contribution in [3.8, 4) is 0 Å². The highest BCUT2D eigenvalue weighted by molar-refractivity contribution is 7.99. The van der Waals surface area contributed by atoms with Gasteiger partial charge in [-0.15, -0.1) is 0 Å². The molecule has 0 aliphatic heterocycles. The van der Waals surface area contributed by atoms with Crippen molar-refractivity contribution in [2.45, 2.75) is 30.1 Å². The molecule has 2 aromatic rings. The van der Waals surface area contributed by atoms with Crippen LogP contribution in [0.1, 0.15) is 24.3 Å². The fourth-order valence-corrected chi connectivity index (χ4v) is 2.37. The minimum atomic E-state index is -0.732. The van der Waals surface area contributed by atoms with Gasteiger partial charge in [0.25, 0.3) is 5.22 Å². The molecule has 0 amide bonds. The standard InChI is InChI=1S/C12H12FNO2S/c1-7-6-16-12(14-7)17-11-4-3-9(13)5-10(11)8(2)15/h3-6,8,15H,1-2H3/t8-/m0/s1. The summed E-state index contributed by atoms with van der Waals surface area (Å²) in [6.45, 7) is 3.42. The molecule has 0 bridgehead atoms. The summed E-state index contributed by atoms with van der Waals surface area (Å²) in [6.07, 6.45) is 0.817. The van der Waals surface area contributed by atoms with Gasteiger partial charge in [-0.05, 0) is 49.4 Å². The van der Waals surface area contributed by atoms with E-state index in [-0.39, 0.29) is 5.82 Å². The van der Waals surface area contributed by atoms with Crippen molar-refractivity contribution in [2.75, 3.05) is 0 Å². The molecule has 1 aromatic heterocycles. The van der Waals surface area contributed by atoms with Crippen LogP contribution in [0.15, 0.2) is 39.0 Å². The lowest BCUT2D eigenvalue weighted by Gasteiger charge is -2.09. The van der Waals surface area contributed by atoms with Crippen molar-refractivity contribution in [2.24, 2.45) is 0 Å². The molecule has 3 nitrogen and oxygen atoms in total. The smallest absolute Gasteiger partial charge is 0.260 e. The number of benzene rings is 1. The number of aliphatic hydroxyl groups excluding tert-OH is 1. The predicted molar refractivity (Wildman–Crippen MR) is 62.4 cm³/mol. The summed E-state index contributed by atoms with van der Waals surface area (Å²) in [7, 11) is 0. The van der Waals surface area contributed by atoms with E-state index in [9.17, 15) is 9.50 Å². The lowest BCUT2D eigenvalue weighted by Crippen LogP contribution is -1.95. The highest BCUT2D eigenvalue weighted by Crippen LogP contribution is 2.33. The number of aliphatic hydroxyl groups is 1. The topological polar surface area (TPSA) is 46.3 Å². The van der Waals surface area contributed by atoms with Crippen molar-refractivity contribution in [1.82, 2.24) is 4.98 Å². The van der Waals surface area contributed by atoms with Gasteiger partial charge in [0.2, 0.25) is 0 Å². The molecule has 0 fully saturated rings. The van der Waals surface area contributed by atoms with Crippen LogP contribution in [0.3, 0.4) is 0 Å². The third kappa shape index (κ3) is 2.87. The molecule has 1 heterocycles. The summed E-state index contributed by atoms with van der Waals surface area (Å²) in [6, 6.07) is 4.29. The van der Waals surface area contributed by atoms with Crippen LogP contribution < -0.4 is 0 Å². The van der Waals surface area contributed by atoms with Gasteiger partial charge in [-0.3, -0.25) is 0 Å². The van der Waals surface area contributed by atoms with Crippen LogP contribution in [0.5, 0.6) is 0 Å². The van der Waals surface area contributed by atoms with Gasteiger partial charge in [0.1, 0.15) is 12.1 Å². The second-order valence-corrected chi connectivity index (χ2v) is 4.71. The van der Waals surface area contributed by atoms with E-state index < -0.39 is 6.10 Å². The highest BCUT2D eigenvalue weighted by atomic mass is 32.2. The first-order chi connectivity index (χ1) is 8.06. The summed E-state index contributed by atoms with van der Waals surface area (Å²) in [4.78, 5) is 4.89. The van der Waals surface area contributed by atoms with Crippen LogP contribution in [0.2, 0.25) is 0 Å². The molecule has 0 spiro atoms. The Labute approximate surface area is 103 Å². The fraction of sp³-hybridized carbons (Fsp3) is 0.250. The molecule has 5 heteroatoms. The lowest BCUT2D eigenvalue weighted by molar-refractivity contribution is 0.196. The Kier molecular flexibility index (Phi) is 3.49. The number of halogens is 1. The maximum atomic E-state index is 13.1. The molecule has 1 N–H and O–H groups in total. The van der Waals surface area contributed by atoms with Gasteiger partial charge in [0, 0.05) is 4.90 Å². The van der Waals surface area contributed by atoms with E-state index in [2.05, 4.69) is 4.98 Å². The molecule has 90 valence electrons. The third-order valence-corrected chi connectivity index (χ3v) is 3.17. The van der Waals surface area contributed by atoms with Crippen LogP contribution in [0.4, 0.5) is 4.39 Å². The van der Waals surface area contributed by atoms with Crippen LogP contribution in [-0.2, 0) is 0 Å². The maximum absolute atomic E-state index is 13.1. The van der Waals surface area contributed by atoms with E-state index in [1.165, 1.54) is 23.9 Å². The van der Waals surface area contributed by atoms with E-state index in [4.69, 9.17) is 4.42 Å². The van der Waals surface area contributed by atoms with Crippen molar-refractivity contribution in [1.29, 1.82) is 0 Å². The molecule has 2 rings (SSSR count). The minimum absolute atomic E-state index is 0.367. The first-order valence-corrected chi connectivity index (χ1v) is 5.95. The molecule has 1 atom stereocenters. The number of nitrogens with zero attached hydrogens (tertiary/aromatic N) is 1. The maximum Gasteiger partial charge on any atom is 0.260 e. The number of hydrogen-bond donors (Lipinski definition) is 1. The zero-order chi connectivity index (χ0) is 12.4. The van der Waals surface area contributed by atoms with E-state index in [1.54, 1.807) is 19.3 Å². The molecule has 1 aromatic carbocycles. The van der Waals surface area contributed by atoms with Gasteiger partial charge in [-0.25, -0.2) is 9.37 Å². The normalized spacial score (nSPS) is 12.7. The molecule has 17 heavy (non-hydrogen) atoms. The summed E-state index contributed by atoms with van der Waals surface area (Å²) >= 11 is 1.27. The number of aromatic nitrogens is 1. The summed E-state index contributed by atoms with van der Waals surface area (Å²) in [5.41, 5.74) is 1.32. The number of hydrogen-bond acceptors (Lipinski definition) is 4. The molecule has 0 unspecified atom stereocenters. The molecule has 0 aliphatic carbocycles. The number of rotatable bonds is 3. The van der Waals surface area contributed by atoms with Crippen molar-refractivity contribution in [3.63, 3.8) is 0 Å². The first kappa shape index (κ1) is 12.1. The van der Waals surface area contributed by atoms with Gasteiger partial charge in [-0.2, -0.15) is 0 Å². The van der Waals surface area contributed by atoms with Gasteiger partial charge in [0.05, 0.1) is 11.8 Å². The zero-order valence-electron chi connectivity index (χ0n) is 9.48. The van der Waals surface area contributed by atoms with E-state index in [1.807, 2.05) is 6.92 Å². The Hall–Kier alpha value is -1.33. The summed E-state index contributed by atoms with van der Waals surface area (Å²) < 4.78 is 18.3. The van der Waals surface area contributed by atoms with E-state index >= 15 is 0 Å². The Bertz CT molecular complexity index is 525. The number of oxazole rings is 1. The molecular weight excluding hydrogens is 241 g/mol. The van der Waals surface area contributed by atoms with Crippen molar-refractivity contribution < 1.29 is 13.9 Å². The van der Waals surface area contributed by atoms with Crippen molar-refractivity contribution in [3.05, 3.63) is 41.5 Å². The highest BCUT2D eigenvalue weighted by Gasteiger charge is 2.12. The average Bonchev–Trinajstić information content (AvgIpc) is 2.66. The quantitative estimate of drug-likeness (QED) is 0.911.